The quantitative estimate of drug-likeness (QED) is 0.664. The Balaban J connectivity index is 2.24. The lowest BCUT2D eigenvalue weighted by molar-refractivity contribution is -0.145. The first-order chi connectivity index (χ1) is 8.09. The average molecular weight is 300 g/mol. The first-order valence-corrected chi connectivity index (χ1v) is 6.12. The van der Waals surface area contributed by atoms with Gasteiger partial charge in [-0.3, -0.25) is 9.59 Å². The second-order valence-corrected chi connectivity index (χ2v) is 4.85. The topological polar surface area (TPSA) is 55.4 Å². The molecule has 0 aliphatic carbocycles. The Morgan fingerprint density at radius 3 is 2.59 bits per heavy atom. The van der Waals surface area contributed by atoms with Crippen LogP contribution in [-0.2, 0) is 20.9 Å². The van der Waals surface area contributed by atoms with Crippen LogP contribution in [0.15, 0.2) is 30.3 Å². The lowest BCUT2D eigenvalue weighted by Gasteiger charge is -2.07. The summed E-state index contributed by atoms with van der Waals surface area (Å²) in [6.45, 7) is 1.80. The van der Waals surface area contributed by atoms with E-state index in [4.69, 9.17) is 4.74 Å². The maximum Gasteiger partial charge on any atom is 0.325 e. The highest BCUT2D eigenvalue weighted by molar-refractivity contribution is 9.10. The van der Waals surface area contributed by atoms with Crippen molar-refractivity contribution in [2.45, 2.75) is 18.4 Å². The number of carbonyl (C=O) groups is 2. The normalized spacial score (nSPS) is 11.6. The molecule has 0 heterocycles. The van der Waals surface area contributed by atoms with Crippen molar-refractivity contribution in [1.29, 1.82) is 0 Å². The van der Waals surface area contributed by atoms with Crippen LogP contribution in [-0.4, -0.2) is 23.2 Å². The van der Waals surface area contributed by atoms with Crippen LogP contribution >= 0.6 is 15.9 Å². The van der Waals surface area contributed by atoms with Crippen molar-refractivity contribution >= 4 is 27.8 Å². The maximum absolute atomic E-state index is 11.3. The molecule has 0 bridgehead atoms. The molecule has 0 saturated carbocycles. The standard InChI is InChI=1S/C12H14BrNO3/c1-9(13)12(16)14-7-11(15)17-8-10-5-3-2-4-6-10/h2-6,9H,7-8H2,1H3,(H,14,16). The monoisotopic (exact) mass is 299 g/mol. The molecule has 0 aliphatic heterocycles. The Hall–Kier alpha value is -1.36. The van der Waals surface area contributed by atoms with Crippen LogP contribution in [0.1, 0.15) is 12.5 Å². The molecule has 1 rings (SSSR count). The Morgan fingerprint density at radius 2 is 2.00 bits per heavy atom. The van der Waals surface area contributed by atoms with E-state index in [1.54, 1.807) is 6.92 Å². The van der Waals surface area contributed by atoms with Crippen molar-refractivity contribution in [3.63, 3.8) is 0 Å². The van der Waals surface area contributed by atoms with Gasteiger partial charge in [-0.05, 0) is 12.5 Å². The molecule has 4 nitrogen and oxygen atoms in total. The summed E-state index contributed by atoms with van der Waals surface area (Å²) in [5.41, 5.74) is 0.918. The summed E-state index contributed by atoms with van der Waals surface area (Å²) in [6.07, 6.45) is 0. The molecular weight excluding hydrogens is 286 g/mol. The van der Waals surface area contributed by atoms with E-state index < -0.39 is 5.97 Å². The predicted molar refractivity (Wildman–Crippen MR) is 67.6 cm³/mol. The summed E-state index contributed by atoms with van der Waals surface area (Å²) in [4.78, 5) is 22.1. The van der Waals surface area contributed by atoms with E-state index in [2.05, 4.69) is 21.2 Å². The number of rotatable bonds is 5. The third-order valence-corrected chi connectivity index (χ3v) is 2.43. The van der Waals surface area contributed by atoms with Gasteiger partial charge in [0.15, 0.2) is 0 Å². The number of amides is 1. The van der Waals surface area contributed by atoms with Gasteiger partial charge < -0.3 is 10.1 Å². The van der Waals surface area contributed by atoms with Gasteiger partial charge in [0.05, 0.1) is 4.83 Å². The average Bonchev–Trinajstić information content (AvgIpc) is 2.34. The number of carbonyl (C=O) groups excluding carboxylic acids is 2. The summed E-state index contributed by atoms with van der Waals surface area (Å²) in [7, 11) is 0. The van der Waals surface area contributed by atoms with Crippen molar-refractivity contribution in [3.05, 3.63) is 35.9 Å². The molecule has 0 aliphatic rings. The second kappa shape index (κ2) is 7.06. The summed E-state index contributed by atoms with van der Waals surface area (Å²) in [5, 5.41) is 2.46. The fourth-order valence-electron chi connectivity index (χ4n) is 1.09. The number of esters is 1. The number of hydrogen-bond acceptors (Lipinski definition) is 3. The van der Waals surface area contributed by atoms with Crippen molar-refractivity contribution in [1.82, 2.24) is 5.32 Å². The van der Waals surface area contributed by atoms with E-state index in [9.17, 15) is 9.59 Å². The van der Waals surface area contributed by atoms with Gasteiger partial charge in [-0.25, -0.2) is 0 Å². The minimum atomic E-state index is -0.449. The fourth-order valence-corrected chi connectivity index (χ4v) is 1.25. The van der Waals surface area contributed by atoms with Crippen molar-refractivity contribution in [3.8, 4) is 0 Å². The molecule has 1 unspecified atom stereocenters. The molecule has 1 atom stereocenters. The van der Waals surface area contributed by atoms with E-state index in [0.29, 0.717) is 0 Å². The Bertz CT molecular complexity index is 379. The van der Waals surface area contributed by atoms with Crippen LogP contribution in [0, 0.1) is 0 Å². The highest BCUT2D eigenvalue weighted by Gasteiger charge is 2.10. The van der Waals surface area contributed by atoms with Gasteiger partial charge in [-0.2, -0.15) is 0 Å². The van der Waals surface area contributed by atoms with Crippen molar-refractivity contribution < 1.29 is 14.3 Å². The fraction of sp³-hybridized carbons (Fsp3) is 0.333. The molecular formula is C12H14BrNO3. The van der Waals surface area contributed by atoms with Crippen LogP contribution in [0.2, 0.25) is 0 Å². The number of nitrogens with one attached hydrogen (secondary N) is 1. The van der Waals surface area contributed by atoms with Gasteiger partial charge in [0, 0.05) is 0 Å². The third-order valence-electron chi connectivity index (χ3n) is 2.01. The molecule has 5 heteroatoms. The van der Waals surface area contributed by atoms with Gasteiger partial charge in [0.25, 0.3) is 0 Å². The van der Waals surface area contributed by atoms with Crippen LogP contribution in [0.4, 0.5) is 0 Å². The molecule has 0 fully saturated rings. The maximum atomic E-state index is 11.3. The van der Waals surface area contributed by atoms with Gasteiger partial charge in [-0.15, -0.1) is 0 Å². The number of benzene rings is 1. The summed E-state index contributed by atoms with van der Waals surface area (Å²) < 4.78 is 4.99. The minimum Gasteiger partial charge on any atom is -0.460 e. The summed E-state index contributed by atoms with van der Waals surface area (Å²) >= 11 is 3.10. The van der Waals surface area contributed by atoms with Gasteiger partial charge in [0.1, 0.15) is 13.2 Å². The number of hydrogen-bond donors (Lipinski definition) is 1. The highest BCUT2D eigenvalue weighted by Crippen LogP contribution is 2.00. The first-order valence-electron chi connectivity index (χ1n) is 5.21. The molecule has 1 aromatic carbocycles. The smallest absolute Gasteiger partial charge is 0.325 e. The van der Waals surface area contributed by atoms with Crippen molar-refractivity contribution in [2.24, 2.45) is 0 Å². The molecule has 0 saturated heterocycles. The van der Waals surface area contributed by atoms with E-state index in [-0.39, 0.29) is 23.9 Å². The number of ether oxygens (including phenoxy) is 1. The number of halogens is 1. The number of alkyl halides is 1. The molecule has 92 valence electrons. The first kappa shape index (κ1) is 13.7. The van der Waals surface area contributed by atoms with Gasteiger partial charge in [0.2, 0.25) is 5.91 Å². The zero-order valence-electron chi connectivity index (χ0n) is 9.48. The zero-order valence-corrected chi connectivity index (χ0v) is 11.1. The van der Waals surface area contributed by atoms with E-state index >= 15 is 0 Å². The Kier molecular flexibility index (Phi) is 5.69. The van der Waals surface area contributed by atoms with E-state index in [1.807, 2.05) is 30.3 Å². The lowest BCUT2D eigenvalue weighted by atomic mass is 10.2. The Labute approximate surface area is 108 Å². The third kappa shape index (κ3) is 5.49. The molecule has 0 spiro atoms. The van der Waals surface area contributed by atoms with Crippen LogP contribution in [0.5, 0.6) is 0 Å². The Morgan fingerprint density at radius 1 is 1.35 bits per heavy atom. The van der Waals surface area contributed by atoms with Crippen LogP contribution < -0.4 is 5.32 Å². The van der Waals surface area contributed by atoms with E-state index in [1.165, 1.54) is 0 Å². The van der Waals surface area contributed by atoms with Gasteiger partial charge in [-0.1, -0.05) is 46.3 Å². The minimum absolute atomic E-state index is 0.110. The summed E-state index contributed by atoms with van der Waals surface area (Å²) in [6, 6.07) is 9.37. The second-order valence-electron chi connectivity index (χ2n) is 3.48. The predicted octanol–water partition coefficient (Wildman–Crippen LogP) is 1.63. The lowest BCUT2D eigenvalue weighted by Crippen LogP contribution is -2.34. The SMILES string of the molecule is CC(Br)C(=O)NCC(=O)OCc1ccccc1. The van der Waals surface area contributed by atoms with Crippen LogP contribution in [0.25, 0.3) is 0 Å². The molecule has 1 aromatic rings. The summed E-state index contributed by atoms with van der Waals surface area (Å²) in [5.74, 6) is -0.683. The zero-order chi connectivity index (χ0) is 12.7. The van der Waals surface area contributed by atoms with Crippen LogP contribution in [0.3, 0.4) is 0 Å². The largest absolute Gasteiger partial charge is 0.460 e. The molecule has 0 radical (unpaired) electrons. The molecule has 0 aromatic heterocycles. The highest BCUT2D eigenvalue weighted by atomic mass is 79.9. The van der Waals surface area contributed by atoms with Gasteiger partial charge >= 0.3 is 5.97 Å². The van der Waals surface area contributed by atoms with Crippen molar-refractivity contribution in [2.75, 3.05) is 6.54 Å². The molecule has 17 heavy (non-hydrogen) atoms. The van der Waals surface area contributed by atoms with E-state index in [0.717, 1.165) is 5.56 Å². The molecule has 1 N–H and O–H groups in total. The molecule has 1 amide bonds.